The van der Waals surface area contributed by atoms with Gasteiger partial charge in [-0.15, -0.1) is 0 Å². The lowest BCUT2D eigenvalue weighted by Crippen LogP contribution is -2.36. The molecule has 1 aromatic heterocycles. The van der Waals surface area contributed by atoms with Crippen LogP contribution in [0.1, 0.15) is 54.9 Å². The number of benzene rings is 1. The number of aromatic nitrogens is 2. The third-order valence-electron chi connectivity index (χ3n) is 5.12. The van der Waals surface area contributed by atoms with Gasteiger partial charge in [-0.25, -0.2) is 8.42 Å². The quantitative estimate of drug-likeness (QED) is 0.664. The molecule has 0 amide bonds. The summed E-state index contributed by atoms with van der Waals surface area (Å²) >= 11 is 0. The first kappa shape index (κ1) is 22.3. The van der Waals surface area contributed by atoms with Crippen LogP contribution in [0, 0.1) is 13.8 Å². The van der Waals surface area contributed by atoms with Crippen molar-refractivity contribution in [1.82, 2.24) is 14.1 Å². The highest BCUT2D eigenvalue weighted by molar-refractivity contribution is 7.89. The molecule has 1 saturated heterocycles. The maximum atomic E-state index is 13.2. The Balaban J connectivity index is 1.98. The number of rotatable bonds is 7. The number of carbonyl (C=O) groups is 1. The summed E-state index contributed by atoms with van der Waals surface area (Å²) in [6, 6.07) is 4.91. The van der Waals surface area contributed by atoms with Crippen LogP contribution in [0.3, 0.4) is 0 Å². The van der Waals surface area contributed by atoms with Gasteiger partial charge in [-0.05, 0) is 58.7 Å². The molecule has 1 fully saturated rings. The normalized spacial score (nSPS) is 15.2. The number of piperidine rings is 1. The van der Waals surface area contributed by atoms with Gasteiger partial charge in [0.1, 0.15) is 4.90 Å². The van der Waals surface area contributed by atoms with Crippen molar-refractivity contribution < 1.29 is 22.7 Å². The molecule has 0 radical (unpaired) electrons. The van der Waals surface area contributed by atoms with Crippen LogP contribution in [0.25, 0.3) is 0 Å². The fourth-order valence-corrected chi connectivity index (χ4v) is 5.61. The highest BCUT2D eigenvalue weighted by atomic mass is 32.2. The van der Waals surface area contributed by atoms with E-state index >= 15 is 0 Å². The predicted octanol–water partition coefficient (Wildman–Crippen LogP) is 3.16. The van der Waals surface area contributed by atoms with Crippen molar-refractivity contribution in [2.24, 2.45) is 0 Å². The van der Waals surface area contributed by atoms with Crippen LogP contribution in [-0.4, -0.2) is 54.7 Å². The third kappa shape index (κ3) is 4.22. The fourth-order valence-electron chi connectivity index (χ4n) is 3.74. The third-order valence-corrected chi connectivity index (χ3v) is 7.27. The molecule has 1 aromatic carbocycles. The molecule has 9 heteroatoms. The second-order valence-electron chi connectivity index (χ2n) is 7.21. The molecule has 1 aliphatic rings. The summed E-state index contributed by atoms with van der Waals surface area (Å²) in [6.45, 7) is 8.86. The van der Waals surface area contributed by atoms with Crippen molar-refractivity contribution in [3.05, 3.63) is 35.2 Å². The average Bonchev–Trinajstić information content (AvgIpc) is 3.04. The van der Waals surface area contributed by atoms with Gasteiger partial charge in [0.15, 0.2) is 11.5 Å². The molecule has 0 bridgehead atoms. The molecule has 0 saturated carbocycles. The summed E-state index contributed by atoms with van der Waals surface area (Å²) in [5.41, 5.74) is 0.978. The average molecular weight is 436 g/mol. The molecule has 0 unspecified atom stereocenters. The molecule has 30 heavy (non-hydrogen) atoms. The van der Waals surface area contributed by atoms with E-state index in [9.17, 15) is 13.2 Å². The Morgan fingerprint density at radius 3 is 2.30 bits per heavy atom. The van der Waals surface area contributed by atoms with E-state index in [4.69, 9.17) is 9.47 Å². The molecule has 0 aliphatic carbocycles. The molecule has 0 atom stereocenters. The summed E-state index contributed by atoms with van der Waals surface area (Å²) < 4.78 is 40.2. The minimum absolute atomic E-state index is 0.119. The first-order valence-corrected chi connectivity index (χ1v) is 11.8. The summed E-state index contributed by atoms with van der Waals surface area (Å²) in [5.74, 6) is 0.602. The van der Waals surface area contributed by atoms with Crippen LogP contribution >= 0.6 is 0 Å². The van der Waals surface area contributed by atoms with E-state index in [-0.39, 0.29) is 4.90 Å². The number of carbonyl (C=O) groups excluding carboxylic acids is 1. The van der Waals surface area contributed by atoms with Crippen LogP contribution in [0.5, 0.6) is 11.5 Å². The van der Waals surface area contributed by atoms with E-state index < -0.39 is 15.9 Å². The van der Waals surface area contributed by atoms with Crippen molar-refractivity contribution in [1.29, 1.82) is 0 Å². The van der Waals surface area contributed by atoms with Gasteiger partial charge in [0, 0.05) is 18.7 Å². The van der Waals surface area contributed by atoms with E-state index in [1.54, 1.807) is 32.0 Å². The van der Waals surface area contributed by atoms with Crippen LogP contribution in [-0.2, 0) is 10.0 Å². The molecule has 8 nitrogen and oxygen atoms in total. The number of aryl methyl sites for hydroxylation is 1. The summed E-state index contributed by atoms with van der Waals surface area (Å²) in [5, 5.41) is 4.27. The zero-order valence-corrected chi connectivity index (χ0v) is 18.8. The second-order valence-corrected chi connectivity index (χ2v) is 9.08. The first-order valence-electron chi connectivity index (χ1n) is 10.3. The Hall–Kier alpha value is -2.39. The van der Waals surface area contributed by atoms with Gasteiger partial charge in [-0.1, -0.05) is 6.42 Å². The van der Waals surface area contributed by atoms with Crippen molar-refractivity contribution >= 4 is 15.9 Å². The maximum Gasteiger partial charge on any atom is 0.278 e. The highest BCUT2D eigenvalue weighted by Gasteiger charge is 2.33. The van der Waals surface area contributed by atoms with E-state index in [0.29, 0.717) is 54.8 Å². The largest absolute Gasteiger partial charge is 0.490 e. The van der Waals surface area contributed by atoms with Crippen molar-refractivity contribution in [3.8, 4) is 11.5 Å². The molecule has 164 valence electrons. The van der Waals surface area contributed by atoms with Crippen LogP contribution in [0.15, 0.2) is 23.1 Å². The SMILES string of the molecule is CCOc1ccc(C(=O)n2nc(C)c(S(=O)(=O)N3CCCCC3)c2C)cc1OCC. The minimum atomic E-state index is -3.70. The number of sulfonamides is 1. The zero-order valence-electron chi connectivity index (χ0n) is 18.0. The van der Waals surface area contributed by atoms with Crippen molar-refractivity contribution in [3.63, 3.8) is 0 Å². The van der Waals surface area contributed by atoms with Gasteiger partial charge in [-0.3, -0.25) is 4.79 Å². The summed E-state index contributed by atoms with van der Waals surface area (Å²) in [6.07, 6.45) is 2.72. The highest BCUT2D eigenvalue weighted by Crippen LogP contribution is 2.30. The number of hydrogen-bond acceptors (Lipinski definition) is 6. The van der Waals surface area contributed by atoms with Crippen molar-refractivity contribution in [2.75, 3.05) is 26.3 Å². The Bertz CT molecular complexity index is 1020. The Labute approximate surface area is 177 Å². The van der Waals surface area contributed by atoms with Crippen LogP contribution in [0.2, 0.25) is 0 Å². The molecular formula is C21H29N3O5S. The molecule has 3 rings (SSSR count). The Kier molecular flexibility index (Phi) is 6.82. The van der Waals surface area contributed by atoms with Gasteiger partial charge >= 0.3 is 0 Å². The fraction of sp³-hybridized carbons (Fsp3) is 0.524. The molecule has 2 heterocycles. The van der Waals surface area contributed by atoms with Crippen molar-refractivity contribution in [2.45, 2.75) is 51.9 Å². The first-order chi connectivity index (χ1) is 14.3. The number of ether oxygens (including phenoxy) is 2. The zero-order chi connectivity index (χ0) is 21.9. The molecule has 0 spiro atoms. The molecule has 2 aromatic rings. The second kappa shape index (κ2) is 9.18. The van der Waals surface area contributed by atoms with E-state index in [2.05, 4.69) is 5.10 Å². The van der Waals surface area contributed by atoms with Crippen LogP contribution in [0.4, 0.5) is 0 Å². The van der Waals surface area contributed by atoms with E-state index in [1.165, 1.54) is 4.31 Å². The lowest BCUT2D eigenvalue weighted by molar-refractivity contribution is 0.0941. The smallest absolute Gasteiger partial charge is 0.278 e. The summed E-state index contributed by atoms with van der Waals surface area (Å²) in [4.78, 5) is 13.3. The Morgan fingerprint density at radius 2 is 1.67 bits per heavy atom. The standard InChI is InChI=1S/C21H29N3O5S/c1-5-28-18-11-10-17(14-19(18)29-6-2)21(25)24-16(4)20(15(3)22-24)30(26,27)23-12-8-7-9-13-23/h10-11,14H,5-9,12-13H2,1-4H3. The summed E-state index contributed by atoms with van der Waals surface area (Å²) in [7, 11) is -3.70. The molecular weight excluding hydrogens is 406 g/mol. The molecule has 1 aliphatic heterocycles. The van der Waals surface area contributed by atoms with E-state index in [0.717, 1.165) is 23.9 Å². The molecule has 0 N–H and O–H groups in total. The van der Waals surface area contributed by atoms with Gasteiger partial charge in [0.05, 0.1) is 24.6 Å². The maximum absolute atomic E-state index is 13.2. The van der Waals surface area contributed by atoms with Gasteiger partial charge in [0.25, 0.3) is 5.91 Å². The lowest BCUT2D eigenvalue weighted by Gasteiger charge is -2.25. The minimum Gasteiger partial charge on any atom is -0.490 e. The van der Waals surface area contributed by atoms with Gasteiger partial charge in [-0.2, -0.15) is 14.1 Å². The number of hydrogen-bond donors (Lipinski definition) is 0. The predicted molar refractivity (Wildman–Crippen MR) is 113 cm³/mol. The van der Waals surface area contributed by atoms with Gasteiger partial charge in [0.2, 0.25) is 10.0 Å². The number of nitrogens with zero attached hydrogens (tertiary/aromatic N) is 3. The van der Waals surface area contributed by atoms with E-state index in [1.807, 2.05) is 13.8 Å². The Morgan fingerprint density at radius 1 is 1.03 bits per heavy atom. The topological polar surface area (TPSA) is 90.7 Å². The van der Waals surface area contributed by atoms with Gasteiger partial charge < -0.3 is 9.47 Å². The van der Waals surface area contributed by atoms with Crippen LogP contribution < -0.4 is 9.47 Å². The lowest BCUT2D eigenvalue weighted by atomic mass is 10.2. The monoisotopic (exact) mass is 435 g/mol.